The third kappa shape index (κ3) is 4.70. The molecule has 2 fully saturated rings. The van der Waals surface area contributed by atoms with Crippen molar-refractivity contribution in [1.29, 1.82) is 0 Å². The second kappa shape index (κ2) is 7.99. The Labute approximate surface area is 150 Å². The summed E-state index contributed by atoms with van der Waals surface area (Å²) >= 11 is 2.00. The van der Waals surface area contributed by atoms with Crippen molar-refractivity contribution in [2.45, 2.75) is 31.5 Å². The van der Waals surface area contributed by atoms with E-state index >= 15 is 0 Å². The first kappa shape index (κ1) is 18.6. The van der Waals surface area contributed by atoms with E-state index in [0.717, 1.165) is 32.0 Å². The number of thioether (sulfide) groups is 1. The fourth-order valence-electron chi connectivity index (χ4n) is 3.59. The van der Waals surface area contributed by atoms with Gasteiger partial charge in [0.25, 0.3) is 5.91 Å². The fourth-order valence-corrected chi connectivity index (χ4v) is 4.85. The van der Waals surface area contributed by atoms with Gasteiger partial charge in [-0.15, -0.1) is 0 Å². The minimum atomic E-state index is -4.52. The Kier molecular flexibility index (Phi) is 5.94. The summed E-state index contributed by atoms with van der Waals surface area (Å²) in [6.07, 6.45) is -1.29. The van der Waals surface area contributed by atoms with Crippen LogP contribution in [0.3, 0.4) is 0 Å². The van der Waals surface area contributed by atoms with E-state index in [1.807, 2.05) is 11.8 Å². The van der Waals surface area contributed by atoms with Gasteiger partial charge in [-0.1, -0.05) is 12.1 Å². The first-order valence-corrected chi connectivity index (χ1v) is 9.87. The van der Waals surface area contributed by atoms with Crippen molar-refractivity contribution in [3.63, 3.8) is 0 Å². The number of carbonyl (C=O) groups excluding carboxylic acids is 1. The van der Waals surface area contributed by atoms with E-state index in [1.165, 1.54) is 36.1 Å². The Balaban J connectivity index is 1.50. The van der Waals surface area contributed by atoms with Crippen LogP contribution in [0, 0.1) is 5.92 Å². The molecule has 1 aromatic rings. The highest BCUT2D eigenvalue weighted by Crippen LogP contribution is 2.32. The molecule has 1 amide bonds. The zero-order valence-electron chi connectivity index (χ0n) is 14.0. The predicted molar refractivity (Wildman–Crippen MR) is 93.8 cm³/mol. The number of likely N-dealkylation sites (tertiary alicyclic amines) is 1. The second-order valence-electron chi connectivity index (χ2n) is 6.75. The highest BCUT2D eigenvalue weighted by atomic mass is 32.2. The number of carbonyl (C=O) groups is 1. The molecule has 0 aromatic heterocycles. The zero-order chi connectivity index (χ0) is 17.9. The summed E-state index contributed by atoms with van der Waals surface area (Å²) in [4.78, 5) is 14.7. The van der Waals surface area contributed by atoms with Crippen molar-refractivity contribution >= 4 is 17.7 Å². The molecule has 0 saturated carbocycles. The lowest BCUT2D eigenvalue weighted by Gasteiger charge is -2.35. The number of halogens is 3. The number of hydrogen-bond acceptors (Lipinski definition) is 3. The minimum Gasteiger partial charge on any atom is -0.352 e. The Morgan fingerprint density at radius 1 is 1.20 bits per heavy atom. The molecule has 1 N–H and O–H groups in total. The average Bonchev–Trinajstić information content (AvgIpc) is 3.14. The van der Waals surface area contributed by atoms with Crippen LogP contribution in [-0.2, 0) is 6.18 Å². The lowest BCUT2D eigenvalue weighted by atomic mass is 9.95. The number of hydrogen-bond donors (Lipinski definition) is 1. The van der Waals surface area contributed by atoms with Crippen LogP contribution in [0.2, 0.25) is 0 Å². The molecule has 7 heteroatoms. The lowest BCUT2D eigenvalue weighted by molar-refractivity contribution is -0.137. The van der Waals surface area contributed by atoms with Crippen LogP contribution >= 0.6 is 11.8 Å². The van der Waals surface area contributed by atoms with Gasteiger partial charge in [-0.3, -0.25) is 9.69 Å². The van der Waals surface area contributed by atoms with Crippen molar-refractivity contribution in [2.24, 2.45) is 5.92 Å². The maximum Gasteiger partial charge on any atom is 0.417 e. The molecule has 0 spiro atoms. The lowest BCUT2D eigenvalue weighted by Crippen LogP contribution is -2.43. The molecule has 2 aliphatic heterocycles. The number of amides is 1. The molecule has 25 heavy (non-hydrogen) atoms. The van der Waals surface area contributed by atoms with Gasteiger partial charge in [0.05, 0.1) is 11.1 Å². The molecular formula is C18H23F3N2OS. The molecule has 1 atom stereocenters. The van der Waals surface area contributed by atoms with Crippen molar-refractivity contribution in [1.82, 2.24) is 10.2 Å². The van der Waals surface area contributed by atoms with Gasteiger partial charge >= 0.3 is 6.18 Å². The number of piperidine rings is 1. The van der Waals surface area contributed by atoms with E-state index < -0.39 is 17.6 Å². The number of nitrogens with zero attached hydrogens (tertiary/aromatic N) is 1. The minimum absolute atomic E-state index is 0.296. The molecule has 2 saturated heterocycles. The summed E-state index contributed by atoms with van der Waals surface area (Å²) in [6, 6.07) is 5.63. The number of nitrogens with one attached hydrogen (secondary N) is 1. The van der Waals surface area contributed by atoms with Crippen molar-refractivity contribution < 1.29 is 18.0 Å². The Morgan fingerprint density at radius 2 is 1.92 bits per heavy atom. The third-order valence-electron chi connectivity index (χ3n) is 5.10. The summed E-state index contributed by atoms with van der Waals surface area (Å²) < 4.78 is 39.0. The standard InChI is InChI=1S/C18H23F3N2OS/c19-18(20,21)16-4-2-1-3-15(16)17(24)22-11-13-5-8-23(9-6-13)14-7-10-25-12-14/h1-4,13-14H,5-12H2,(H,22,24)/t14-/m1/s1. The molecule has 0 bridgehead atoms. The maximum absolute atomic E-state index is 13.0. The quantitative estimate of drug-likeness (QED) is 0.876. The van der Waals surface area contributed by atoms with Gasteiger partial charge in [-0.2, -0.15) is 24.9 Å². The van der Waals surface area contributed by atoms with Crippen LogP contribution in [0.1, 0.15) is 35.2 Å². The third-order valence-corrected chi connectivity index (χ3v) is 6.24. The molecule has 0 unspecified atom stereocenters. The Bertz CT molecular complexity index is 594. The molecular weight excluding hydrogens is 349 g/mol. The van der Waals surface area contributed by atoms with Gasteiger partial charge in [0.1, 0.15) is 0 Å². The molecule has 1 aromatic carbocycles. The zero-order valence-corrected chi connectivity index (χ0v) is 14.8. The maximum atomic E-state index is 13.0. The van der Waals surface area contributed by atoms with Crippen LogP contribution in [0.15, 0.2) is 24.3 Å². The van der Waals surface area contributed by atoms with Gasteiger partial charge < -0.3 is 5.32 Å². The van der Waals surface area contributed by atoms with Crippen LogP contribution in [0.4, 0.5) is 13.2 Å². The molecule has 3 rings (SSSR count). The van der Waals surface area contributed by atoms with Crippen molar-refractivity contribution in [3.05, 3.63) is 35.4 Å². The highest BCUT2D eigenvalue weighted by molar-refractivity contribution is 7.99. The van der Waals surface area contributed by atoms with Gasteiger partial charge in [0.15, 0.2) is 0 Å². The summed E-state index contributed by atoms with van der Waals surface area (Å²) in [6.45, 7) is 2.48. The van der Waals surface area contributed by atoms with E-state index in [0.29, 0.717) is 18.5 Å². The molecule has 2 aliphatic rings. The van der Waals surface area contributed by atoms with E-state index in [4.69, 9.17) is 0 Å². The number of rotatable bonds is 4. The molecule has 0 radical (unpaired) electrons. The summed E-state index contributed by atoms with van der Waals surface area (Å²) in [7, 11) is 0. The Morgan fingerprint density at radius 3 is 2.56 bits per heavy atom. The fraction of sp³-hybridized carbons (Fsp3) is 0.611. The largest absolute Gasteiger partial charge is 0.417 e. The van der Waals surface area contributed by atoms with E-state index in [2.05, 4.69) is 10.2 Å². The number of benzene rings is 1. The normalized spacial score (nSPS) is 22.9. The van der Waals surface area contributed by atoms with Gasteiger partial charge in [-0.25, -0.2) is 0 Å². The smallest absolute Gasteiger partial charge is 0.352 e. The highest BCUT2D eigenvalue weighted by Gasteiger charge is 2.35. The first-order chi connectivity index (χ1) is 11.9. The molecule has 138 valence electrons. The molecule has 3 nitrogen and oxygen atoms in total. The van der Waals surface area contributed by atoms with E-state index in [1.54, 1.807) is 0 Å². The second-order valence-corrected chi connectivity index (χ2v) is 7.90. The van der Waals surface area contributed by atoms with E-state index in [-0.39, 0.29) is 5.56 Å². The SMILES string of the molecule is O=C(NCC1CCN([C@@H]2CCSC2)CC1)c1ccccc1C(F)(F)F. The average molecular weight is 372 g/mol. The van der Waals surface area contributed by atoms with Crippen molar-refractivity contribution in [2.75, 3.05) is 31.1 Å². The number of alkyl halides is 3. The van der Waals surface area contributed by atoms with Gasteiger partial charge in [0, 0.05) is 18.3 Å². The Hall–Kier alpha value is -1.21. The van der Waals surface area contributed by atoms with Crippen LogP contribution in [-0.4, -0.2) is 48.0 Å². The summed E-state index contributed by atoms with van der Waals surface area (Å²) in [5.74, 6) is 2.14. The summed E-state index contributed by atoms with van der Waals surface area (Å²) in [5.41, 5.74) is -1.17. The van der Waals surface area contributed by atoms with Crippen LogP contribution in [0.5, 0.6) is 0 Å². The van der Waals surface area contributed by atoms with Crippen LogP contribution < -0.4 is 5.32 Å². The van der Waals surface area contributed by atoms with Crippen LogP contribution in [0.25, 0.3) is 0 Å². The van der Waals surface area contributed by atoms with Gasteiger partial charge in [0.2, 0.25) is 0 Å². The summed E-state index contributed by atoms with van der Waals surface area (Å²) in [5, 5.41) is 2.70. The topological polar surface area (TPSA) is 32.3 Å². The molecule has 0 aliphatic carbocycles. The molecule has 2 heterocycles. The van der Waals surface area contributed by atoms with Gasteiger partial charge in [-0.05, 0) is 56.2 Å². The monoisotopic (exact) mass is 372 g/mol. The predicted octanol–water partition coefficient (Wildman–Crippen LogP) is 3.65. The van der Waals surface area contributed by atoms with Crippen molar-refractivity contribution in [3.8, 4) is 0 Å². The van der Waals surface area contributed by atoms with E-state index in [9.17, 15) is 18.0 Å². The first-order valence-electron chi connectivity index (χ1n) is 8.71.